The fourth-order valence-corrected chi connectivity index (χ4v) is 2.44. The summed E-state index contributed by atoms with van der Waals surface area (Å²) in [6, 6.07) is 0. The van der Waals surface area contributed by atoms with Crippen LogP contribution in [0.25, 0.3) is 0 Å². The minimum atomic E-state index is 0.100. The minimum Gasteiger partial charge on any atom is -0.291 e. The van der Waals surface area contributed by atoms with Crippen molar-refractivity contribution in [1.82, 2.24) is 4.98 Å². The van der Waals surface area contributed by atoms with Crippen LogP contribution in [0.3, 0.4) is 0 Å². The molecule has 16 heavy (non-hydrogen) atoms. The maximum Gasteiger partial charge on any atom is 0.194 e. The van der Waals surface area contributed by atoms with Gasteiger partial charge in [0.1, 0.15) is 0 Å². The lowest BCUT2D eigenvalue weighted by Gasteiger charge is -2.17. The van der Waals surface area contributed by atoms with Crippen LogP contribution in [0.2, 0.25) is 0 Å². The molecule has 0 aliphatic rings. The summed E-state index contributed by atoms with van der Waals surface area (Å²) in [5, 5.41) is 2.52. The summed E-state index contributed by atoms with van der Waals surface area (Å²) in [7, 11) is 0. The molecular formula is C13H21NOS. The van der Waals surface area contributed by atoms with Crippen LogP contribution in [0.5, 0.6) is 0 Å². The lowest BCUT2D eigenvalue weighted by molar-refractivity contribution is 0.0888. The fraction of sp³-hybridized carbons (Fsp3) is 0.692. The number of nitrogens with zero attached hydrogens (tertiary/aromatic N) is 1. The van der Waals surface area contributed by atoms with E-state index < -0.39 is 0 Å². The van der Waals surface area contributed by atoms with Crippen LogP contribution >= 0.6 is 11.3 Å². The van der Waals surface area contributed by atoms with E-state index in [0.29, 0.717) is 10.9 Å². The van der Waals surface area contributed by atoms with Crippen LogP contribution in [0.15, 0.2) is 11.6 Å². The van der Waals surface area contributed by atoms with Crippen LogP contribution in [0.1, 0.15) is 56.3 Å². The summed E-state index contributed by atoms with van der Waals surface area (Å²) in [6.45, 7) is 6.40. The monoisotopic (exact) mass is 239 g/mol. The van der Waals surface area contributed by atoms with E-state index in [4.69, 9.17) is 0 Å². The Morgan fingerprint density at radius 3 is 2.75 bits per heavy atom. The third kappa shape index (κ3) is 3.71. The number of Topliss-reactive ketones (excluding diaryl/α,β-unsaturated/α-hetero) is 1. The highest BCUT2D eigenvalue weighted by atomic mass is 32.1. The van der Waals surface area contributed by atoms with Crippen molar-refractivity contribution < 1.29 is 4.79 Å². The molecule has 1 aromatic heterocycles. The van der Waals surface area contributed by atoms with E-state index in [9.17, 15) is 4.79 Å². The van der Waals surface area contributed by atoms with Gasteiger partial charge in [-0.1, -0.05) is 46.5 Å². The van der Waals surface area contributed by atoms with Crippen LogP contribution in [0, 0.1) is 11.8 Å². The number of carbonyl (C=O) groups is 1. The second-order valence-corrected chi connectivity index (χ2v) is 5.36. The Bertz CT molecular complexity index is 308. The first kappa shape index (κ1) is 13.4. The first-order chi connectivity index (χ1) is 7.66. The van der Waals surface area contributed by atoms with Crippen molar-refractivity contribution in [2.24, 2.45) is 11.8 Å². The second kappa shape index (κ2) is 6.79. The van der Waals surface area contributed by atoms with Crippen molar-refractivity contribution in [3.63, 3.8) is 0 Å². The number of unbranched alkanes of at least 4 members (excludes halogenated alkanes) is 2. The van der Waals surface area contributed by atoms with Gasteiger partial charge in [0.2, 0.25) is 0 Å². The number of aromatic nitrogens is 1. The molecule has 3 heteroatoms. The van der Waals surface area contributed by atoms with Gasteiger partial charge >= 0.3 is 0 Å². The summed E-state index contributed by atoms with van der Waals surface area (Å²) in [5.74, 6) is 0.768. The van der Waals surface area contributed by atoms with Gasteiger partial charge in [-0.25, -0.2) is 4.98 Å². The second-order valence-electron chi connectivity index (χ2n) is 4.46. The van der Waals surface area contributed by atoms with Crippen LogP contribution < -0.4 is 0 Å². The van der Waals surface area contributed by atoms with Gasteiger partial charge in [0, 0.05) is 17.5 Å². The number of hydrogen-bond acceptors (Lipinski definition) is 3. The molecule has 2 nitrogen and oxygen atoms in total. The number of thiazole rings is 1. The normalized spacial score (nSPS) is 14.7. The molecule has 2 atom stereocenters. The van der Waals surface area contributed by atoms with Gasteiger partial charge in [-0.3, -0.25) is 4.79 Å². The molecule has 0 aromatic carbocycles. The summed E-state index contributed by atoms with van der Waals surface area (Å²) in [6.07, 6.45) is 6.58. The first-order valence-electron chi connectivity index (χ1n) is 6.10. The molecule has 0 fully saturated rings. The molecule has 0 saturated carbocycles. The Labute approximate surface area is 102 Å². The molecule has 2 unspecified atom stereocenters. The predicted molar refractivity (Wildman–Crippen MR) is 68.9 cm³/mol. The van der Waals surface area contributed by atoms with Crippen LogP contribution in [-0.4, -0.2) is 10.8 Å². The van der Waals surface area contributed by atoms with Crippen molar-refractivity contribution >= 4 is 17.1 Å². The highest BCUT2D eigenvalue weighted by Gasteiger charge is 2.22. The van der Waals surface area contributed by atoms with Gasteiger partial charge < -0.3 is 0 Å². The van der Waals surface area contributed by atoms with Gasteiger partial charge in [0.25, 0.3) is 0 Å². The van der Waals surface area contributed by atoms with E-state index in [2.05, 4.69) is 18.8 Å². The van der Waals surface area contributed by atoms with E-state index in [0.717, 1.165) is 6.42 Å². The number of hydrogen-bond donors (Lipinski definition) is 0. The smallest absolute Gasteiger partial charge is 0.194 e. The predicted octanol–water partition coefficient (Wildman–Crippen LogP) is 4.18. The van der Waals surface area contributed by atoms with E-state index in [1.54, 1.807) is 6.20 Å². The fourth-order valence-electron chi connectivity index (χ4n) is 1.76. The standard InChI is InChI=1S/C13H21NOS/c1-4-5-6-7-10(2)11(3)12(15)13-14-8-9-16-13/h8-11H,4-7H2,1-3H3. The Kier molecular flexibility index (Phi) is 5.67. The molecule has 0 radical (unpaired) electrons. The third-order valence-corrected chi connectivity index (χ3v) is 3.96. The zero-order chi connectivity index (χ0) is 12.0. The Morgan fingerprint density at radius 1 is 1.44 bits per heavy atom. The van der Waals surface area contributed by atoms with Crippen molar-refractivity contribution in [2.75, 3.05) is 0 Å². The summed E-state index contributed by atoms with van der Waals surface area (Å²) in [4.78, 5) is 16.1. The van der Waals surface area contributed by atoms with E-state index >= 15 is 0 Å². The highest BCUT2D eigenvalue weighted by Crippen LogP contribution is 2.23. The lowest BCUT2D eigenvalue weighted by atomic mass is 9.88. The third-order valence-electron chi connectivity index (χ3n) is 3.17. The van der Waals surface area contributed by atoms with Crippen LogP contribution in [-0.2, 0) is 0 Å². The largest absolute Gasteiger partial charge is 0.291 e. The molecule has 1 heterocycles. The van der Waals surface area contributed by atoms with Crippen molar-refractivity contribution in [3.8, 4) is 0 Å². The molecule has 1 rings (SSSR count). The number of rotatable bonds is 7. The maximum absolute atomic E-state index is 12.0. The Hall–Kier alpha value is -0.700. The molecule has 0 amide bonds. The average Bonchev–Trinajstić information content (AvgIpc) is 2.80. The van der Waals surface area contributed by atoms with E-state index in [1.807, 2.05) is 12.3 Å². The van der Waals surface area contributed by atoms with Crippen molar-refractivity contribution in [3.05, 3.63) is 16.6 Å². The molecule has 0 N–H and O–H groups in total. The number of carbonyl (C=O) groups excluding carboxylic acids is 1. The van der Waals surface area contributed by atoms with E-state index in [-0.39, 0.29) is 11.7 Å². The Balaban J connectivity index is 2.44. The van der Waals surface area contributed by atoms with Gasteiger partial charge in [-0.15, -0.1) is 11.3 Å². The summed E-state index contributed by atoms with van der Waals surface area (Å²) >= 11 is 1.44. The molecule has 0 saturated heterocycles. The zero-order valence-corrected chi connectivity index (χ0v) is 11.2. The molecule has 0 aliphatic heterocycles. The minimum absolute atomic E-state index is 0.100. The Morgan fingerprint density at radius 2 is 2.19 bits per heavy atom. The zero-order valence-electron chi connectivity index (χ0n) is 10.4. The van der Waals surface area contributed by atoms with Crippen molar-refractivity contribution in [1.29, 1.82) is 0 Å². The maximum atomic E-state index is 12.0. The first-order valence-corrected chi connectivity index (χ1v) is 6.98. The number of ketones is 1. The van der Waals surface area contributed by atoms with E-state index in [1.165, 1.54) is 30.6 Å². The van der Waals surface area contributed by atoms with Crippen LogP contribution in [0.4, 0.5) is 0 Å². The molecule has 0 bridgehead atoms. The average molecular weight is 239 g/mol. The molecule has 1 aromatic rings. The lowest BCUT2D eigenvalue weighted by Crippen LogP contribution is -2.19. The van der Waals surface area contributed by atoms with Crippen molar-refractivity contribution in [2.45, 2.75) is 46.5 Å². The molecule has 0 spiro atoms. The SMILES string of the molecule is CCCCCC(C)C(C)C(=O)c1nccs1. The van der Waals surface area contributed by atoms with Gasteiger partial charge in [0.05, 0.1) is 0 Å². The molecular weight excluding hydrogens is 218 g/mol. The van der Waals surface area contributed by atoms with Gasteiger partial charge in [-0.05, 0) is 5.92 Å². The quantitative estimate of drug-likeness (QED) is 0.528. The summed E-state index contributed by atoms with van der Waals surface area (Å²) < 4.78 is 0. The topological polar surface area (TPSA) is 30.0 Å². The van der Waals surface area contributed by atoms with Gasteiger partial charge in [-0.2, -0.15) is 0 Å². The molecule has 0 aliphatic carbocycles. The molecule has 90 valence electrons. The van der Waals surface area contributed by atoms with Gasteiger partial charge in [0.15, 0.2) is 10.8 Å². The highest BCUT2D eigenvalue weighted by molar-refractivity contribution is 7.11. The summed E-state index contributed by atoms with van der Waals surface area (Å²) in [5.41, 5.74) is 0.